The van der Waals surface area contributed by atoms with E-state index in [2.05, 4.69) is 42.6 Å². The molecule has 114 valence electrons. The minimum Gasteiger partial charge on any atom is -0.337 e. The topological polar surface area (TPSA) is 32.3 Å². The zero-order valence-corrected chi connectivity index (χ0v) is 13.0. The summed E-state index contributed by atoms with van der Waals surface area (Å²) in [4.78, 5) is 14.4. The van der Waals surface area contributed by atoms with Gasteiger partial charge in [-0.1, -0.05) is 54.6 Å². The molecule has 0 fully saturated rings. The molecule has 0 bridgehead atoms. The summed E-state index contributed by atoms with van der Waals surface area (Å²) in [6, 6.07) is 18.8. The van der Waals surface area contributed by atoms with Gasteiger partial charge in [0.1, 0.15) is 0 Å². The van der Waals surface area contributed by atoms with Gasteiger partial charge in [-0.15, -0.1) is 0 Å². The van der Waals surface area contributed by atoms with Crippen molar-refractivity contribution in [2.75, 3.05) is 13.1 Å². The molecule has 1 aliphatic rings. The van der Waals surface area contributed by atoms with Gasteiger partial charge in [0, 0.05) is 19.1 Å². The lowest BCUT2D eigenvalue weighted by atomic mass is 10.00. The van der Waals surface area contributed by atoms with Gasteiger partial charge in [0.05, 0.1) is 6.54 Å². The van der Waals surface area contributed by atoms with Crippen LogP contribution in [0.4, 0.5) is 0 Å². The van der Waals surface area contributed by atoms with Crippen molar-refractivity contribution >= 4 is 5.91 Å². The third-order valence-electron chi connectivity index (χ3n) is 4.34. The lowest BCUT2D eigenvalue weighted by molar-refractivity contribution is -0.131. The lowest BCUT2D eigenvalue weighted by Crippen LogP contribution is -2.41. The molecule has 2 aromatic rings. The van der Waals surface area contributed by atoms with E-state index in [-0.39, 0.29) is 11.9 Å². The normalized spacial score (nSPS) is 15.2. The molecule has 3 rings (SSSR count). The van der Waals surface area contributed by atoms with Crippen molar-refractivity contribution < 1.29 is 4.79 Å². The summed E-state index contributed by atoms with van der Waals surface area (Å²) < 4.78 is 0. The third kappa shape index (κ3) is 3.37. The van der Waals surface area contributed by atoms with Crippen molar-refractivity contribution in [3.63, 3.8) is 0 Å². The van der Waals surface area contributed by atoms with Crippen molar-refractivity contribution in [2.24, 2.45) is 0 Å². The van der Waals surface area contributed by atoms with Crippen LogP contribution in [0.5, 0.6) is 0 Å². The highest BCUT2D eigenvalue weighted by atomic mass is 16.2. The Balaban J connectivity index is 1.55. The number of nitrogens with one attached hydrogen (secondary N) is 1. The predicted octanol–water partition coefficient (Wildman–Crippen LogP) is 2.92. The number of carbonyl (C=O) groups is 1. The van der Waals surface area contributed by atoms with Crippen molar-refractivity contribution in [1.82, 2.24) is 10.2 Å². The molecule has 1 amide bonds. The average molecular weight is 294 g/mol. The molecule has 0 aromatic heterocycles. The minimum atomic E-state index is 0.178. The molecule has 0 aliphatic carbocycles. The van der Waals surface area contributed by atoms with E-state index in [1.54, 1.807) is 0 Å². The number of hydrogen-bond donors (Lipinski definition) is 1. The minimum absolute atomic E-state index is 0.178. The Morgan fingerprint density at radius 1 is 1.09 bits per heavy atom. The van der Waals surface area contributed by atoms with Crippen LogP contribution in [-0.2, 0) is 17.8 Å². The van der Waals surface area contributed by atoms with Crippen LogP contribution in [0.2, 0.25) is 0 Å². The smallest absolute Gasteiger partial charge is 0.236 e. The number of fused-ring (bicyclic) bond motifs is 1. The van der Waals surface area contributed by atoms with E-state index in [1.807, 2.05) is 29.2 Å². The van der Waals surface area contributed by atoms with Gasteiger partial charge in [0.2, 0.25) is 5.91 Å². The number of benzene rings is 2. The molecular weight excluding hydrogens is 272 g/mol. The quantitative estimate of drug-likeness (QED) is 0.940. The lowest BCUT2D eigenvalue weighted by Gasteiger charge is -2.29. The summed E-state index contributed by atoms with van der Waals surface area (Å²) in [6.45, 7) is 4.03. The van der Waals surface area contributed by atoms with E-state index in [0.29, 0.717) is 6.54 Å². The van der Waals surface area contributed by atoms with E-state index in [9.17, 15) is 4.79 Å². The molecule has 0 saturated carbocycles. The van der Waals surface area contributed by atoms with Crippen molar-refractivity contribution in [3.05, 3.63) is 71.3 Å². The molecule has 1 unspecified atom stereocenters. The second-order valence-electron chi connectivity index (χ2n) is 5.85. The summed E-state index contributed by atoms with van der Waals surface area (Å²) in [6.07, 6.45) is 0.955. The zero-order valence-electron chi connectivity index (χ0n) is 13.0. The summed E-state index contributed by atoms with van der Waals surface area (Å²) in [7, 11) is 0. The molecule has 2 aromatic carbocycles. The SMILES string of the molecule is CC(NCC(=O)N1CCc2ccccc2C1)c1ccccc1. The number of nitrogens with zero attached hydrogens (tertiary/aromatic N) is 1. The Morgan fingerprint density at radius 3 is 2.55 bits per heavy atom. The summed E-state index contributed by atoms with van der Waals surface area (Å²) >= 11 is 0. The Bertz CT molecular complexity index is 639. The second-order valence-corrected chi connectivity index (χ2v) is 5.85. The summed E-state index contributed by atoms with van der Waals surface area (Å²) in [5.74, 6) is 0.178. The standard InChI is InChI=1S/C19H22N2O/c1-15(16-7-3-2-4-8-16)20-13-19(22)21-12-11-17-9-5-6-10-18(17)14-21/h2-10,15,20H,11-14H2,1H3. The maximum absolute atomic E-state index is 12.4. The average Bonchev–Trinajstić information content (AvgIpc) is 2.59. The maximum atomic E-state index is 12.4. The molecule has 1 heterocycles. The Kier molecular flexibility index (Phi) is 4.54. The van der Waals surface area contributed by atoms with Gasteiger partial charge in [-0.2, -0.15) is 0 Å². The van der Waals surface area contributed by atoms with E-state index in [1.165, 1.54) is 16.7 Å². The van der Waals surface area contributed by atoms with Crippen molar-refractivity contribution in [1.29, 1.82) is 0 Å². The zero-order chi connectivity index (χ0) is 15.4. The molecule has 0 saturated heterocycles. The molecule has 3 nitrogen and oxygen atoms in total. The highest BCUT2D eigenvalue weighted by Crippen LogP contribution is 2.18. The molecular formula is C19H22N2O. The monoisotopic (exact) mass is 294 g/mol. The number of rotatable bonds is 4. The van der Waals surface area contributed by atoms with Crippen LogP contribution in [0.15, 0.2) is 54.6 Å². The molecule has 0 radical (unpaired) electrons. The molecule has 22 heavy (non-hydrogen) atoms. The first-order valence-electron chi connectivity index (χ1n) is 7.87. The fraction of sp³-hybridized carbons (Fsp3) is 0.316. The molecule has 3 heteroatoms. The molecule has 1 aliphatic heterocycles. The van der Waals surface area contributed by atoms with Gasteiger partial charge in [0.15, 0.2) is 0 Å². The first kappa shape index (κ1) is 14.8. The third-order valence-corrected chi connectivity index (χ3v) is 4.34. The van der Waals surface area contributed by atoms with Gasteiger partial charge in [0.25, 0.3) is 0 Å². The first-order chi connectivity index (χ1) is 10.7. The van der Waals surface area contributed by atoms with Crippen LogP contribution in [0, 0.1) is 0 Å². The highest BCUT2D eigenvalue weighted by Gasteiger charge is 2.20. The predicted molar refractivity (Wildman–Crippen MR) is 88.4 cm³/mol. The first-order valence-corrected chi connectivity index (χ1v) is 7.87. The fourth-order valence-electron chi connectivity index (χ4n) is 2.92. The molecule has 1 atom stereocenters. The number of amides is 1. The van der Waals surface area contributed by atoms with Crippen LogP contribution >= 0.6 is 0 Å². The Labute approximate surface area is 132 Å². The van der Waals surface area contributed by atoms with Gasteiger partial charge in [-0.3, -0.25) is 4.79 Å². The van der Waals surface area contributed by atoms with Gasteiger partial charge in [-0.25, -0.2) is 0 Å². The number of carbonyl (C=O) groups excluding carboxylic acids is 1. The van der Waals surface area contributed by atoms with Crippen LogP contribution in [-0.4, -0.2) is 23.9 Å². The largest absolute Gasteiger partial charge is 0.337 e. The number of hydrogen-bond acceptors (Lipinski definition) is 2. The molecule has 1 N–H and O–H groups in total. The van der Waals surface area contributed by atoms with E-state index in [0.717, 1.165) is 19.5 Å². The van der Waals surface area contributed by atoms with E-state index < -0.39 is 0 Å². The fourth-order valence-corrected chi connectivity index (χ4v) is 2.92. The van der Waals surface area contributed by atoms with Gasteiger partial charge in [-0.05, 0) is 30.0 Å². The van der Waals surface area contributed by atoms with Crippen LogP contribution in [0.25, 0.3) is 0 Å². The van der Waals surface area contributed by atoms with Crippen molar-refractivity contribution in [3.8, 4) is 0 Å². The van der Waals surface area contributed by atoms with Crippen LogP contribution < -0.4 is 5.32 Å². The van der Waals surface area contributed by atoms with Crippen LogP contribution in [0.1, 0.15) is 29.7 Å². The van der Waals surface area contributed by atoms with E-state index >= 15 is 0 Å². The van der Waals surface area contributed by atoms with Crippen molar-refractivity contribution in [2.45, 2.75) is 25.9 Å². The van der Waals surface area contributed by atoms with E-state index in [4.69, 9.17) is 0 Å². The summed E-state index contributed by atoms with van der Waals surface area (Å²) in [5.41, 5.74) is 3.86. The van der Waals surface area contributed by atoms with Gasteiger partial charge < -0.3 is 10.2 Å². The Hall–Kier alpha value is -2.13. The molecule has 0 spiro atoms. The maximum Gasteiger partial charge on any atom is 0.236 e. The van der Waals surface area contributed by atoms with Crippen LogP contribution in [0.3, 0.4) is 0 Å². The summed E-state index contributed by atoms with van der Waals surface area (Å²) in [5, 5.41) is 3.33. The second kappa shape index (κ2) is 6.75. The van der Waals surface area contributed by atoms with Gasteiger partial charge >= 0.3 is 0 Å². The highest BCUT2D eigenvalue weighted by molar-refractivity contribution is 5.78. The Morgan fingerprint density at radius 2 is 1.77 bits per heavy atom.